The van der Waals surface area contributed by atoms with Crippen LogP contribution in [0.3, 0.4) is 0 Å². The molecule has 0 aliphatic carbocycles. The van der Waals surface area contributed by atoms with Crippen LogP contribution in [0.5, 0.6) is 0 Å². The topological polar surface area (TPSA) is 57.1 Å². The van der Waals surface area contributed by atoms with Crippen LogP contribution in [0.2, 0.25) is 0 Å². The molecule has 0 spiro atoms. The third kappa shape index (κ3) is 1.41. The van der Waals surface area contributed by atoms with Crippen molar-refractivity contribution in [1.29, 1.82) is 0 Å². The van der Waals surface area contributed by atoms with Crippen LogP contribution in [0.1, 0.15) is 13.3 Å². The van der Waals surface area contributed by atoms with Gasteiger partial charge in [0.15, 0.2) is 0 Å². The van der Waals surface area contributed by atoms with Gasteiger partial charge in [-0.05, 0) is 6.92 Å². The molecule has 0 aromatic heterocycles. The highest BCUT2D eigenvalue weighted by atomic mass is 16.3. The van der Waals surface area contributed by atoms with Gasteiger partial charge in [0.1, 0.15) is 12.1 Å². The molecule has 0 bridgehead atoms. The van der Waals surface area contributed by atoms with Gasteiger partial charge >= 0.3 is 0 Å². The van der Waals surface area contributed by atoms with E-state index in [0.29, 0.717) is 6.42 Å². The number of aliphatic hydroxyl groups is 2. The smallest absolute Gasteiger partial charge is 0.131 e. The van der Waals surface area contributed by atoms with Crippen molar-refractivity contribution in [1.82, 2.24) is 0 Å². The monoisotopic (exact) mass is 132 g/mol. The summed E-state index contributed by atoms with van der Waals surface area (Å²) in [6, 6.07) is 0.161. The summed E-state index contributed by atoms with van der Waals surface area (Å²) in [4.78, 5) is 0. The van der Waals surface area contributed by atoms with Crippen LogP contribution < -0.4 is 5.32 Å². The predicted octanol–water partition coefficient (Wildman–Crippen LogP) is -1.94. The lowest BCUT2D eigenvalue weighted by molar-refractivity contribution is -0.705. The highest BCUT2D eigenvalue weighted by molar-refractivity contribution is 4.73. The van der Waals surface area contributed by atoms with E-state index >= 15 is 0 Å². The Bertz CT molecular complexity index is 87.1. The Morgan fingerprint density at radius 2 is 2.11 bits per heavy atom. The molecular formula is C6H14NO2+. The zero-order valence-electron chi connectivity index (χ0n) is 5.62. The fourth-order valence-electron chi connectivity index (χ4n) is 1.19. The first-order valence-electron chi connectivity index (χ1n) is 3.41. The maximum atomic E-state index is 9.16. The Balaban J connectivity index is 2.41. The van der Waals surface area contributed by atoms with Crippen molar-refractivity contribution in [2.75, 3.05) is 6.54 Å². The van der Waals surface area contributed by atoms with E-state index in [0.717, 1.165) is 6.54 Å². The molecule has 0 aromatic rings. The molecule has 9 heavy (non-hydrogen) atoms. The molecular weight excluding hydrogens is 118 g/mol. The molecule has 0 radical (unpaired) electrons. The molecule has 3 nitrogen and oxygen atoms in total. The molecule has 1 unspecified atom stereocenters. The summed E-state index contributed by atoms with van der Waals surface area (Å²) in [5.74, 6) is 0. The largest absolute Gasteiger partial charge is 0.390 e. The van der Waals surface area contributed by atoms with Gasteiger partial charge in [-0.15, -0.1) is 0 Å². The molecule has 54 valence electrons. The van der Waals surface area contributed by atoms with Crippen molar-refractivity contribution < 1.29 is 15.5 Å². The van der Waals surface area contributed by atoms with Crippen LogP contribution in [0.15, 0.2) is 0 Å². The molecule has 1 aliphatic rings. The van der Waals surface area contributed by atoms with Crippen LogP contribution in [0.4, 0.5) is 0 Å². The normalized spacial score (nSPS) is 45.0. The van der Waals surface area contributed by atoms with Gasteiger partial charge in [0.05, 0.1) is 12.6 Å². The van der Waals surface area contributed by atoms with E-state index in [1.165, 1.54) is 0 Å². The Kier molecular flexibility index (Phi) is 2.05. The third-order valence-corrected chi connectivity index (χ3v) is 1.93. The van der Waals surface area contributed by atoms with E-state index < -0.39 is 12.2 Å². The van der Waals surface area contributed by atoms with Crippen LogP contribution >= 0.6 is 0 Å². The Morgan fingerprint density at radius 3 is 2.56 bits per heavy atom. The molecule has 1 saturated heterocycles. The highest BCUT2D eigenvalue weighted by Crippen LogP contribution is 2.03. The van der Waals surface area contributed by atoms with E-state index in [1.807, 2.05) is 6.92 Å². The number of piperidine rings is 1. The first kappa shape index (κ1) is 6.99. The second-order valence-corrected chi connectivity index (χ2v) is 2.73. The van der Waals surface area contributed by atoms with E-state index in [4.69, 9.17) is 10.2 Å². The molecule has 0 amide bonds. The third-order valence-electron chi connectivity index (χ3n) is 1.93. The Labute approximate surface area is 54.7 Å². The van der Waals surface area contributed by atoms with Crippen molar-refractivity contribution >= 4 is 0 Å². The number of aliphatic hydroxyl groups excluding tert-OH is 2. The minimum absolute atomic E-state index is 0.161. The molecule has 3 atom stereocenters. The zero-order valence-corrected chi connectivity index (χ0v) is 5.62. The number of hydrogen-bond acceptors (Lipinski definition) is 2. The van der Waals surface area contributed by atoms with Crippen molar-refractivity contribution in [2.24, 2.45) is 0 Å². The van der Waals surface area contributed by atoms with E-state index in [1.54, 1.807) is 0 Å². The summed E-state index contributed by atoms with van der Waals surface area (Å²) in [5, 5.41) is 20.3. The van der Waals surface area contributed by atoms with E-state index in [-0.39, 0.29) is 6.04 Å². The quantitative estimate of drug-likeness (QED) is 0.359. The zero-order chi connectivity index (χ0) is 6.85. The Morgan fingerprint density at radius 1 is 1.44 bits per heavy atom. The summed E-state index contributed by atoms with van der Waals surface area (Å²) in [5.41, 5.74) is 0. The van der Waals surface area contributed by atoms with E-state index in [9.17, 15) is 0 Å². The van der Waals surface area contributed by atoms with Gasteiger partial charge in [-0.25, -0.2) is 0 Å². The lowest BCUT2D eigenvalue weighted by atomic mass is 10.0. The van der Waals surface area contributed by atoms with Gasteiger partial charge in [-0.1, -0.05) is 0 Å². The van der Waals surface area contributed by atoms with Crippen LogP contribution in [-0.4, -0.2) is 35.0 Å². The van der Waals surface area contributed by atoms with Crippen LogP contribution in [0, 0.1) is 0 Å². The van der Waals surface area contributed by atoms with Gasteiger partial charge in [-0.2, -0.15) is 0 Å². The second kappa shape index (κ2) is 2.64. The molecule has 1 rings (SSSR count). The van der Waals surface area contributed by atoms with Gasteiger partial charge in [0.2, 0.25) is 0 Å². The van der Waals surface area contributed by atoms with Crippen molar-refractivity contribution in [3.63, 3.8) is 0 Å². The number of quaternary nitrogens is 1. The molecule has 1 heterocycles. The maximum absolute atomic E-state index is 9.16. The maximum Gasteiger partial charge on any atom is 0.131 e. The fourth-order valence-corrected chi connectivity index (χ4v) is 1.19. The number of nitrogens with two attached hydrogens (primary N) is 1. The van der Waals surface area contributed by atoms with Crippen molar-refractivity contribution in [3.05, 3.63) is 0 Å². The highest BCUT2D eigenvalue weighted by Gasteiger charge is 2.29. The van der Waals surface area contributed by atoms with Crippen LogP contribution in [0.25, 0.3) is 0 Å². The predicted molar refractivity (Wildman–Crippen MR) is 32.9 cm³/mol. The van der Waals surface area contributed by atoms with E-state index in [2.05, 4.69) is 5.32 Å². The average molecular weight is 132 g/mol. The van der Waals surface area contributed by atoms with Gasteiger partial charge in [0.25, 0.3) is 0 Å². The molecule has 3 heteroatoms. The van der Waals surface area contributed by atoms with Crippen molar-refractivity contribution in [3.8, 4) is 0 Å². The minimum Gasteiger partial charge on any atom is -0.390 e. The van der Waals surface area contributed by atoms with Crippen molar-refractivity contribution in [2.45, 2.75) is 31.6 Å². The Hall–Kier alpha value is -0.120. The summed E-state index contributed by atoms with van der Waals surface area (Å²) >= 11 is 0. The minimum atomic E-state index is -0.529. The number of hydrogen-bond donors (Lipinski definition) is 3. The first-order valence-corrected chi connectivity index (χ1v) is 3.41. The van der Waals surface area contributed by atoms with Gasteiger partial charge in [0, 0.05) is 6.42 Å². The first-order chi connectivity index (χ1) is 4.22. The lowest BCUT2D eigenvalue weighted by Gasteiger charge is -2.26. The number of rotatable bonds is 0. The molecule has 0 aromatic carbocycles. The van der Waals surface area contributed by atoms with Crippen LogP contribution in [-0.2, 0) is 0 Å². The average Bonchev–Trinajstić information content (AvgIpc) is 1.83. The summed E-state index contributed by atoms with van der Waals surface area (Å²) < 4.78 is 0. The summed E-state index contributed by atoms with van der Waals surface area (Å²) in [7, 11) is 0. The molecule has 1 fully saturated rings. The molecule has 4 N–H and O–H groups in total. The second-order valence-electron chi connectivity index (χ2n) is 2.73. The molecule has 0 saturated carbocycles. The van der Waals surface area contributed by atoms with Gasteiger partial charge in [-0.3, -0.25) is 0 Å². The summed E-state index contributed by atoms with van der Waals surface area (Å²) in [6.07, 6.45) is -0.311. The SMILES string of the molecule is CC1[NH2+]CC[C@@H](O)[C@@H]1O. The standard InChI is InChI=1S/C6H13NO2/c1-4-6(9)5(8)2-3-7-4/h4-9H,2-3H2,1H3/p+1/t4?,5-,6-/m1/s1. The summed E-state index contributed by atoms with van der Waals surface area (Å²) in [6.45, 7) is 2.85. The fraction of sp³-hybridized carbons (Fsp3) is 1.00. The lowest BCUT2D eigenvalue weighted by Crippen LogP contribution is -2.94. The molecule has 1 aliphatic heterocycles. The van der Waals surface area contributed by atoms with Gasteiger partial charge < -0.3 is 15.5 Å².